The van der Waals surface area contributed by atoms with Crippen molar-refractivity contribution in [2.45, 2.75) is 0 Å². The highest BCUT2D eigenvalue weighted by atomic mass is 16.6. The molecule has 0 atom stereocenters. The van der Waals surface area contributed by atoms with E-state index in [0.29, 0.717) is 11.3 Å². The maximum atomic E-state index is 12.0. The largest absolute Gasteiger partial charge is 0.322 e. The van der Waals surface area contributed by atoms with Gasteiger partial charge < -0.3 is 5.32 Å². The number of amides is 1. The number of rotatable bonds is 4. The fourth-order valence-electron chi connectivity index (χ4n) is 1.75. The Labute approximate surface area is 122 Å². The van der Waals surface area contributed by atoms with Crippen LogP contribution in [-0.4, -0.2) is 10.8 Å². The van der Waals surface area contributed by atoms with E-state index in [1.54, 1.807) is 18.2 Å². The normalized spacial score (nSPS) is 10.5. The first-order valence-corrected chi connectivity index (χ1v) is 6.22. The molecule has 0 unspecified atom stereocenters. The summed E-state index contributed by atoms with van der Waals surface area (Å²) in [5.41, 5.74) is 1.95. The van der Waals surface area contributed by atoms with Crippen LogP contribution in [0.15, 0.2) is 54.6 Å². The number of nitro benzene ring substituents is 1. The molecule has 0 aromatic heterocycles. The van der Waals surface area contributed by atoms with Crippen LogP contribution in [-0.2, 0) is 0 Å². The van der Waals surface area contributed by atoms with E-state index in [0.717, 1.165) is 5.56 Å². The first-order valence-electron chi connectivity index (χ1n) is 6.22. The minimum atomic E-state index is -0.503. The lowest BCUT2D eigenvalue weighted by atomic mass is 10.1. The smallest absolute Gasteiger partial charge is 0.269 e. The van der Waals surface area contributed by atoms with Gasteiger partial charge >= 0.3 is 0 Å². The number of allylic oxidation sites excluding steroid dienone is 1. The zero-order valence-corrected chi connectivity index (χ0v) is 11.2. The highest BCUT2D eigenvalue weighted by molar-refractivity contribution is 6.04. The van der Waals surface area contributed by atoms with Crippen molar-refractivity contribution in [3.05, 3.63) is 82.8 Å². The number of nitrogens with zero attached hydrogens (tertiary/aromatic N) is 1. The summed E-state index contributed by atoms with van der Waals surface area (Å²) in [7, 11) is 0. The molecule has 5 heteroatoms. The van der Waals surface area contributed by atoms with Crippen LogP contribution in [0.2, 0.25) is 0 Å². The second-order valence-corrected chi connectivity index (χ2v) is 4.28. The molecule has 0 spiro atoms. The molecule has 0 saturated carbocycles. The Morgan fingerprint density at radius 3 is 2.24 bits per heavy atom. The molecular weight excluding hydrogens is 268 g/mol. The van der Waals surface area contributed by atoms with E-state index < -0.39 is 4.92 Å². The average molecular weight is 281 g/mol. The van der Waals surface area contributed by atoms with Gasteiger partial charge in [0, 0.05) is 23.4 Å². The van der Waals surface area contributed by atoms with Gasteiger partial charge in [-0.2, -0.15) is 0 Å². The molecule has 1 radical (unpaired) electrons. The van der Waals surface area contributed by atoms with Crippen LogP contribution in [0.5, 0.6) is 0 Å². The maximum Gasteiger partial charge on any atom is 0.269 e. The molecule has 0 heterocycles. The lowest BCUT2D eigenvalue weighted by Crippen LogP contribution is -2.11. The first-order chi connectivity index (χ1) is 10.1. The topological polar surface area (TPSA) is 72.2 Å². The van der Waals surface area contributed by atoms with Crippen LogP contribution in [0.1, 0.15) is 15.9 Å². The predicted octanol–water partition coefficient (Wildman–Crippen LogP) is 3.69. The lowest BCUT2D eigenvalue weighted by Gasteiger charge is -2.05. The highest BCUT2D eigenvalue weighted by Crippen LogP contribution is 2.15. The van der Waals surface area contributed by atoms with Crippen LogP contribution in [0.4, 0.5) is 11.4 Å². The van der Waals surface area contributed by atoms with Gasteiger partial charge in [0.15, 0.2) is 0 Å². The molecule has 0 fully saturated rings. The molecular formula is C16H13N2O3. The van der Waals surface area contributed by atoms with E-state index in [4.69, 9.17) is 0 Å². The van der Waals surface area contributed by atoms with E-state index in [-0.39, 0.29) is 11.6 Å². The highest BCUT2D eigenvalue weighted by Gasteiger charge is 2.09. The summed E-state index contributed by atoms with van der Waals surface area (Å²) in [6, 6.07) is 12.7. The summed E-state index contributed by atoms with van der Waals surface area (Å²) >= 11 is 0. The summed E-state index contributed by atoms with van der Waals surface area (Å²) < 4.78 is 0. The van der Waals surface area contributed by atoms with Gasteiger partial charge in [-0.3, -0.25) is 14.9 Å². The number of non-ortho nitro benzene ring substituents is 1. The van der Waals surface area contributed by atoms with Gasteiger partial charge in [-0.25, -0.2) is 0 Å². The maximum absolute atomic E-state index is 12.0. The van der Waals surface area contributed by atoms with Gasteiger partial charge in [0.1, 0.15) is 0 Å². The van der Waals surface area contributed by atoms with Crippen molar-refractivity contribution in [3.63, 3.8) is 0 Å². The molecule has 0 aliphatic carbocycles. The van der Waals surface area contributed by atoms with Crippen molar-refractivity contribution >= 4 is 23.4 Å². The summed E-state index contributed by atoms with van der Waals surface area (Å²) in [5.74, 6) is -0.314. The second kappa shape index (κ2) is 6.47. The third-order valence-corrected chi connectivity index (χ3v) is 2.82. The number of nitro groups is 1. The summed E-state index contributed by atoms with van der Waals surface area (Å²) in [4.78, 5) is 22.1. The fraction of sp³-hybridized carbons (Fsp3) is 0. The van der Waals surface area contributed by atoms with E-state index in [1.165, 1.54) is 24.3 Å². The van der Waals surface area contributed by atoms with Crippen LogP contribution in [0, 0.1) is 17.0 Å². The number of carbonyl (C=O) groups is 1. The van der Waals surface area contributed by atoms with Gasteiger partial charge in [-0.15, -0.1) is 0 Å². The third-order valence-electron chi connectivity index (χ3n) is 2.82. The van der Waals surface area contributed by atoms with Crippen molar-refractivity contribution in [1.29, 1.82) is 0 Å². The summed E-state index contributed by atoms with van der Waals surface area (Å²) in [6.07, 6.45) is 3.53. The van der Waals surface area contributed by atoms with Crippen molar-refractivity contribution in [3.8, 4) is 0 Å². The second-order valence-electron chi connectivity index (χ2n) is 4.28. The van der Waals surface area contributed by atoms with E-state index in [1.807, 2.05) is 18.2 Å². The Morgan fingerprint density at radius 2 is 1.71 bits per heavy atom. The number of hydrogen-bond donors (Lipinski definition) is 1. The zero-order chi connectivity index (χ0) is 15.2. The quantitative estimate of drug-likeness (QED) is 0.686. The molecule has 2 aromatic rings. The van der Waals surface area contributed by atoms with Gasteiger partial charge in [-0.05, 0) is 36.8 Å². The van der Waals surface area contributed by atoms with Gasteiger partial charge in [-0.1, -0.05) is 24.3 Å². The predicted molar refractivity (Wildman–Crippen MR) is 81.9 cm³/mol. The van der Waals surface area contributed by atoms with Crippen LogP contribution < -0.4 is 5.32 Å². The van der Waals surface area contributed by atoms with Crippen molar-refractivity contribution in [2.24, 2.45) is 0 Å². The SMILES string of the molecule is [CH2]C=Cc1ccc(NC(=O)c2ccc([N+](=O)[O-])cc2)cc1. The van der Waals surface area contributed by atoms with Gasteiger partial charge in [0.05, 0.1) is 4.92 Å². The molecule has 0 aliphatic rings. The number of nitrogens with one attached hydrogen (secondary N) is 1. The number of hydrogen-bond acceptors (Lipinski definition) is 3. The van der Waals surface area contributed by atoms with Gasteiger partial charge in [0.2, 0.25) is 0 Å². The molecule has 105 valence electrons. The summed E-state index contributed by atoms with van der Waals surface area (Å²) in [6.45, 7) is 3.61. The fourth-order valence-corrected chi connectivity index (χ4v) is 1.75. The average Bonchev–Trinajstić information content (AvgIpc) is 2.49. The number of benzene rings is 2. The first kappa shape index (κ1) is 14.5. The number of anilines is 1. The Bertz CT molecular complexity index is 674. The van der Waals surface area contributed by atoms with Crippen LogP contribution in [0.3, 0.4) is 0 Å². The molecule has 0 saturated heterocycles. The van der Waals surface area contributed by atoms with Crippen molar-refractivity contribution < 1.29 is 9.72 Å². The van der Waals surface area contributed by atoms with E-state index in [9.17, 15) is 14.9 Å². The minimum Gasteiger partial charge on any atom is -0.322 e. The molecule has 2 aromatic carbocycles. The Kier molecular flexibility index (Phi) is 4.46. The molecule has 0 aliphatic heterocycles. The van der Waals surface area contributed by atoms with Crippen LogP contribution in [0.25, 0.3) is 6.08 Å². The molecule has 0 bridgehead atoms. The Balaban J connectivity index is 2.08. The third kappa shape index (κ3) is 3.76. The zero-order valence-electron chi connectivity index (χ0n) is 11.2. The van der Waals surface area contributed by atoms with Crippen molar-refractivity contribution in [2.75, 3.05) is 5.32 Å². The molecule has 1 N–H and O–H groups in total. The molecule has 2 rings (SSSR count). The Hall–Kier alpha value is -2.95. The van der Waals surface area contributed by atoms with Crippen molar-refractivity contribution in [1.82, 2.24) is 0 Å². The minimum absolute atomic E-state index is 0.0455. The molecule has 5 nitrogen and oxygen atoms in total. The Morgan fingerprint density at radius 1 is 1.10 bits per heavy atom. The molecule has 21 heavy (non-hydrogen) atoms. The molecule has 1 amide bonds. The standard InChI is InChI=1S/C16H13N2O3/c1-2-3-12-4-8-14(9-5-12)17-16(19)13-6-10-15(11-7-13)18(20)21/h2-11H,1H2,(H,17,19). The number of carbonyl (C=O) groups excluding carboxylic acids is 1. The summed E-state index contributed by atoms with van der Waals surface area (Å²) in [5, 5.41) is 13.3. The van der Waals surface area contributed by atoms with E-state index >= 15 is 0 Å². The lowest BCUT2D eigenvalue weighted by molar-refractivity contribution is -0.384. The van der Waals surface area contributed by atoms with E-state index in [2.05, 4.69) is 12.2 Å². The monoisotopic (exact) mass is 281 g/mol. The van der Waals surface area contributed by atoms with Crippen LogP contribution >= 0.6 is 0 Å². The van der Waals surface area contributed by atoms with Gasteiger partial charge in [0.25, 0.3) is 11.6 Å².